The Labute approximate surface area is 181 Å². The molecule has 0 heterocycles. The molecule has 6 heteroatoms. The molecule has 0 aliphatic heterocycles. The number of ether oxygens (including phenoxy) is 1. The predicted octanol–water partition coefficient (Wildman–Crippen LogP) is 4.79. The highest BCUT2D eigenvalue weighted by molar-refractivity contribution is 7.79. The van der Waals surface area contributed by atoms with Crippen LogP contribution in [0.3, 0.4) is 0 Å². The minimum absolute atomic E-state index is 0.321. The summed E-state index contributed by atoms with van der Waals surface area (Å²) >= 11 is 0. The summed E-state index contributed by atoms with van der Waals surface area (Å²) in [6, 6.07) is 23.3. The van der Waals surface area contributed by atoms with Crippen molar-refractivity contribution in [1.82, 2.24) is 0 Å². The highest BCUT2D eigenvalue weighted by Gasteiger charge is 2.40. The maximum atomic E-state index is 14.8. The molecule has 0 spiro atoms. The van der Waals surface area contributed by atoms with E-state index in [0.29, 0.717) is 16.2 Å². The molecular weight excluding hydrogens is 414 g/mol. The van der Waals surface area contributed by atoms with E-state index in [1.165, 1.54) is 24.3 Å². The van der Waals surface area contributed by atoms with Crippen LogP contribution < -0.4 is 10.6 Å². The molecule has 0 aliphatic rings. The predicted molar refractivity (Wildman–Crippen MR) is 120 cm³/mol. The first-order valence-electron chi connectivity index (χ1n) is 10.0. The molecule has 0 aliphatic carbocycles. The lowest BCUT2D eigenvalue weighted by molar-refractivity contribution is -0.156. The molecule has 3 aromatic carbocycles. The van der Waals surface area contributed by atoms with Gasteiger partial charge in [-0.05, 0) is 31.5 Å². The van der Waals surface area contributed by atoms with Crippen LogP contribution in [0.2, 0.25) is 0 Å². The lowest BCUT2D eigenvalue weighted by Crippen LogP contribution is -2.27. The van der Waals surface area contributed by atoms with Gasteiger partial charge in [0.15, 0.2) is 7.14 Å². The number of esters is 1. The molecule has 4 nitrogen and oxygen atoms in total. The molecular formula is C25H24FO4P. The first-order valence-corrected chi connectivity index (χ1v) is 11.8. The van der Waals surface area contributed by atoms with Gasteiger partial charge < -0.3 is 9.30 Å². The van der Waals surface area contributed by atoms with Crippen molar-refractivity contribution in [3.05, 3.63) is 96.3 Å². The van der Waals surface area contributed by atoms with E-state index in [2.05, 4.69) is 0 Å². The second-order valence-electron chi connectivity index (χ2n) is 7.48. The van der Waals surface area contributed by atoms with E-state index in [9.17, 15) is 18.5 Å². The van der Waals surface area contributed by atoms with Gasteiger partial charge >= 0.3 is 5.97 Å². The number of rotatable bonds is 8. The van der Waals surface area contributed by atoms with Gasteiger partial charge in [0.2, 0.25) is 5.78 Å². The van der Waals surface area contributed by atoms with Crippen molar-refractivity contribution in [3.63, 3.8) is 0 Å². The molecule has 0 radical (unpaired) electrons. The summed E-state index contributed by atoms with van der Waals surface area (Å²) < 4.78 is 33.5. The molecule has 160 valence electrons. The highest BCUT2D eigenvalue weighted by Crippen LogP contribution is 2.58. The number of carbonyl (C=O) groups is 2. The maximum Gasteiger partial charge on any atom is 0.374 e. The zero-order valence-electron chi connectivity index (χ0n) is 17.4. The van der Waals surface area contributed by atoms with Crippen LogP contribution in [0.1, 0.15) is 31.5 Å². The summed E-state index contributed by atoms with van der Waals surface area (Å²) in [7, 11) is -3.45. The molecule has 3 aromatic rings. The van der Waals surface area contributed by atoms with E-state index in [0.717, 1.165) is 0 Å². The molecule has 31 heavy (non-hydrogen) atoms. The number of halogens is 1. The van der Waals surface area contributed by atoms with Crippen LogP contribution in [0, 0.1) is 5.82 Å². The molecule has 0 fully saturated rings. The minimum Gasteiger partial charge on any atom is -0.457 e. The maximum absolute atomic E-state index is 14.8. The lowest BCUT2D eigenvalue weighted by atomic mass is 10.1. The topological polar surface area (TPSA) is 60.4 Å². The monoisotopic (exact) mass is 438 g/mol. The van der Waals surface area contributed by atoms with E-state index < -0.39 is 36.5 Å². The summed E-state index contributed by atoms with van der Waals surface area (Å²) in [5.74, 6) is -2.17. The molecule has 3 rings (SSSR count). The van der Waals surface area contributed by atoms with Crippen molar-refractivity contribution in [3.8, 4) is 0 Å². The van der Waals surface area contributed by atoms with E-state index in [1.807, 2.05) is 12.1 Å². The van der Waals surface area contributed by atoms with Gasteiger partial charge in [0, 0.05) is 17.0 Å². The molecule has 0 bridgehead atoms. The van der Waals surface area contributed by atoms with Crippen LogP contribution in [0.25, 0.3) is 0 Å². The van der Waals surface area contributed by atoms with Gasteiger partial charge in [-0.2, -0.15) is 0 Å². The fourth-order valence-corrected chi connectivity index (χ4v) is 6.75. The number of carbonyl (C=O) groups excluding carboxylic acids is 2. The molecule has 0 N–H and O–H groups in total. The van der Waals surface area contributed by atoms with Crippen LogP contribution >= 0.6 is 7.14 Å². The SMILES string of the molecule is CC(C)OC(=O)C(=O)CC(c1ccc(F)cc1)P(=O)(c1ccccc1)c1ccccc1. The van der Waals surface area contributed by atoms with Crippen molar-refractivity contribution in [1.29, 1.82) is 0 Å². The van der Waals surface area contributed by atoms with Crippen molar-refractivity contribution in [2.45, 2.75) is 32.0 Å². The highest BCUT2D eigenvalue weighted by atomic mass is 31.2. The van der Waals surface area contributed by atoms with E-state index in [4.69, 9.17) is 4.74 Å². The van der Waals surface area contributed by atoms with Gasteiger partial charge in [-0.3, -0.25) is 4.79 Å². The van der Waals surface area contributed by atoms with E-state index in [1.54, 1.807) is 62.4 Å². The second kappa shape index (κ2) is 9.84. The Kier molecular flexibility index (Phi) is 7.19. The van der Waals surface area contributed by atoms with Crippen LogP contribution in [0.5, 0.6) is 0 Å². The molecule has 0 saturated carbocycles. The van der Waals surface area contributed by atoms with Gasteiger partial charge in [0.25, 0.3) is 0 Å². The second-order valence-corrected chi connectivity index (χ2v) is 10.4. The molecule has 0 aromatic heterocycles. The molecule has 0 amide bonds. The Hall–Kier alpha value is -3.04. The number of Topliss-reactive ketones (excluding diaryl/α,β-unsaturated/α-hetero) is 1. The number of hydrogen-bond acceptors (Lipinski definition) is 4. The first kappa shape index (κ1) is 22.6. The number of hydrogen-bond donors (Lipinski definition) is 0. The van der Waals surface area contributed by atoms with Gasteiger partial charge in [-0.15, -0.1) is 0 Å². The molecule has 1 atom stereocenters. The number of ketones is 1. The lowest BCUT2D eigenvalue weighted by Gasteiger charge is -2.29. The van der Waals surface area contributed by atoms with E-state index in [-0.39, 0.29) is 6.42 Å². The van der Waals surface area contributed by atoms with E-state index >= 15 is 0 Å². The zero-order valence-corrected chi connectivity index (χ0v) is 18.3. The third kappa shape index (κ3) is 5.18. The largest absolute Gasteiger partial charge is 0.457 e. The zero-order chi connectivity index (χ0) is 22.4. The van der Waals surface area contributed by atoms with Crippen molar-refractivity contribution >= 4 is 29.5 Å². The standard InChI is InChI=1S/C25H24FO4P/c1-18(2)30-25(28)23(27)17-24(19-13-15-20(26)16-14-19)31(29,21-9-5-3-6-10-21)22-11-7-4-8-12-22/h3-16,18,24H,17H2,1-2H3. The summed E-state index contributed by atoms with van der Waals surface area (Å²) in [4.78, 5) is 25.0. The Morgan fingerprint density at radius 1 is 0.839 bits per heavy atom. The van der Waals surface area contributed by atoms with Crippen LogP contribution in [-0.4, -0.2) is 17.9 Å². The minimum atomic E-state index is -3.45. The number of benzene rings is 3. The van der Waals surface area contributed by atoms with Gasteiger partial charge in [0.05, 0.1) is 11.8 Å². The Balaban J connectivity index is 2.16. The quantitative estimate of drug-likeness (QED) is 0.288. The van der Waals surface area contributed by atoms with Crippen LogP contribution in [-0.2, 0) is 18.9 Å². The Bertz CT molecular complexity index is 1040. The fraction of sp³-hybridized carbons (Fsp3) is 0.200. The summed E-state index contributed by atoms with van der Waals surface area (Å²) in [5, 5.41) is 1.11. The smallest absolute Gasteiger partial charge is 0.374 e. The van der Waals surface area contributed by atoms with Crippen molar-refractivity contribution in [2.75, 3.05) is 0 Å². The third-order valence-corrected chi connectivity index (χ3v) is 8.41. The normalized spacial score (nSPS) is 12.4. The Morgan fingerprint density at radius 3 is 1.77 bits per heavy atom. The first-order chi connectivity index (χ1) is 14.8. The third-order valence-electron chi connectivity index (χ3n) is 4.92. The fourth-order valence-electron chi connectivity index (χ4n) is 3.49. The summed E-state index contributed by atoms with van der Waals surface area (Å²) in [5.41, 5.74) is -0.340. The average molecular weight is 438 g/mol. The van der Waals surface area contributed by atoms with Gasteiger partial charge in [-0.1, -0.05) is 72.8 Å². The van der Waals surface area contributed by atoms with Crippen molar-refractivity contribution < 1.29 is 23.3 Å². The van der Waals surface area contributed by atoms with Crippen LogP contribution in [0.15, 0.2) is 84.9 Å². The van der Waals surface area contributed by atoms with Gasteiger partial charge in [-0.25, -0.2) is 9.18 Å². The Morgan fingerprint density at radius 2 is 1.32 bits per heavy atom. The molecule has 1 unspecified atom stereocenters. The van der Waals surface area contributed by atoms with Crippen LogP contribution in [0.4, 0.5) is 4.39 Å². The molecule has 0 saturated heterocycles. The van der Waals surface area contributed by atoms with Gasteiger partial charge in [0.1, 0.15) is 5.82 Å². The van der Waals surface area contributed by atoms with Crippen molar-refractivity contribution in [2.24, 2.45) is 0 Å². The average Bonchev–Trinajstić information content (AvgIpc) is 2.78. The summed E-state index contributed by atoms with van der Waals surface area (Å²) in [6.07, 6.45) is -0.770. The summed E-state index contributed by atoms with van der Waals surface area (Å²) in [6.45, 7) is 3.31.